The molecule has 1 atom stereocenters. The van der Waals surface area contributed by atoms with Gasteiger partial charge in [-0.25, -0.2) is 8.78 Å². The highest BCUT2D eigenvalue weighted by atomic mass is 19.1. The Morgan fingerprint density at radius 2 is 2.00 bits per heavy atom. The van der Waals surface area contributed by atoms with Crippen LogP contribution in [0.2, 0.25) is 0 Å². The monoisotopic (exact) mass is 425 g/mol. The summed E-state index contributed by atoms with van der Waals surface area (Å²) in [4.78, 5) is 25.2. The van der Waals surface area contributed by atoms with Crippen molar-refractivity contribution in [2.24, 2.45) is 7.05 Å². The molecule has 2 aromatic heterocycles. The molecule has 1 amide bonds. The molecule has 4 rings (SSSR count). The van der Waals surface area contributed by atoms with E-state index in [4.69, 9.17) is 0 Å². The van der Waals surface area contributed by atoms with Crippen molar-refractivity contribution in [3.8, 4) is 0 Å². The Morgan fingerprint density at radius 3 is 2.77 bits per heavy atom. The van der Waals surface area contributed by atoms with Crippen LogP contribution in [0, 0.1) is 5.82 Å². The summed E-state index contributed by atoms with van der Waals surface area (Å²) in [7, 11) is 1.83. The first-order chi connectivity index (χ1) is 14.9. The van der Waals surface area contributed by atoms with Gasteiger partial charge in [-0.3, -0.25) is 14.3 Å². The molecule has 0 saturated heterocycles. The van der Waals surface area contributed by atoms with Crippen LogP contribution in [0.15, 0.2) is 53.6 Å². The second kappa shape index (κ2) is 8.17. The third kappa shape index (κ3) is 3.98. The maximum Gasteiger partial charge on any atom is 0.261 e. The lowest BCUT2D eigenvalue weighted by atomic mass is 10.1. The zero-order chi connectivity index (χ0) is 22.1. The van der Waals surface area contributed by atoms with E-state index in [1.807, 2.05) is 19.2 Å². The Morgan fingerprint density at radius 1 is 1.19 bits per heavy atom. The topological polar surface area (TPSA) is 81.0 Å². The van der Waals surface area contributed by atoms with E-state index in [1.165, 1.54) is 29.8 Å². The molecule has 160 valence electrons. The number of hydrogen-bond donors (Lipinski definition) is 2. The van der Waals surface area contributed by atoms with Crippen molar-refractivity contribution in [1.29, 1.82) is 0 Å². The SMILES string of the molecule is C[C@@H](CF)NC(=O)Cn1ccc2ccc(F)c(Nc3ccc4c(cnn4C)c3)c2c1=O. The van der Waals surface area contributed by atoms with Gasteiger partial charge in [0.25, 0.3) is 5.56 Å². The first kappa shape index (κ1) is 20.5. The normalized spacial score (nSPS) is 12.3. The Labute approximate surface area is 176 Å². The molecule has 0 saturated carbocycles. The molecular weight excluding hydrogens is 404 g/mol. The highest BCUT2D eigenvalue weighted by Gasteiger charge is 2.15. The molecule has 2 N–H and O–H groups in total. The van der Waals surface area contributed by atoms with Crippen LogP contribution in [0.25, 0.3) is 21.7 Å². The zero-order valence-corrected chi connectivity index (χ0v) is 17.0. The Balaban J connectivity index is 1.74. The first-order valence-corrected chi connectivity index (χ1v) is 9.73. The number of rotatable bonds is 6. The molecule has 0 aliphatic carbocycles. The van der Waals surface area contributed by atoms with Gasteiger partial charge in [0.2, 0.25) is 5.91 Å². The summed E-state index contributed by atoms with van der Waals surface area (Å²) < 4.78 is 30.3. The molecule has 9 heteroatoms. The van der Waals surface area contributed by atoms with Crippen LogP contribution in [0.4, 0.5) is 20.2 Å². The number of aryl methyl sites for hydroxylation is 1. The van der Waals surface area contributed by atoms with Crippen LogP contribution in [0.5, 0.6) is 0 Å². The Bertz CT molecular complexity index is 1350. The van der Waals surface area contributed by atoms with Gasteiger partial charge < -0.3 is 15.2 Å². The highest BCUT2D eigenvalue weighted by Crippen LogP contribution is 2.28. The molecule has 0 bridgehead atoms. The Kier molecular flexibility index (Phi) is 5.41. The van der Waals surface area contributed by atoms with Crippen LogP contribution in [0.1, 0.15) is 6.92 Å². The van der Waals surface area contributed by atoms with E-state index in [9.17, 15) is 18.4 Å². The minimum atomic E-state index is -0.709. The number of pyridine rings is 1. The van der Waals surface area contributed by atoms with Gasteiger partial charge in [-0.15, -0.1) is 0 Å². The molecule has 7 nitrogen and oxygen atoms in total. The molecule has 0 unspecified atom stereocenters. The van der Waals surface area contributed by atoms with Gasteiger partial charge in [0.05, 0.1) is 28.8 Å². The molecule has 2 heterocycles. The third-order valence-electron chi connectivity index (χ3n) is 5.06. The van der Waals surface area contributed by atoms with Crippen molar-refractivity contribution in [1.82, 2.24) is 19.7 Å². The van der Waals surface area contributed by atoms with Crippen LogP contribution >= 0.6 is 0 Å². The zero-order valence-electron chi connectivity index (χ0n) is 17.0. The summed E-state index contributed by atoms with van der Waals surface area (Å²) in [5.41, 5.74) is 1.01. The first-order valence-electron chi connectivity index (χ1n) is 9.73. The smallest absolute Gasteiger partial charge is 0.261 e. The number of hydrogen-bond acceptors (Lipinski definition) is 4. The summed E-state index contributed by atoms with van der Waals surface area (Å²) >= 11 is 0. The number of fused-ring (bicyclic) bond motifs is 2. The summed E-state index contributed by atoms with van der Waals surface area (Å²) in [5.74, 6) is -1.09. The third-order valence-corrected chi connectivity index (χ3v) is 5.06. The lowest BCUT2D eigenvalue weighted by molar-refractivity contribution is -0.122. The van der Waals surface area contributed by atoms with Crippen molar-refractivity contribution >= 4 is 39.0 Å². The number of nitrogens with zero attached hydrogens (tertiary/aromatic N) is 3. The summed E-state index contributed by atoms with van der Waals surface area (Å²) in [6, 6.07) is 9.22. The van der Waals surface area contributed by atoms with Crippen molar-refractivity contribution in [2.45, 2.75) is 19.5 Å². The quantitative estimate of drug-likeness (QED) is 0.497. The van der Waals surface area contributed by atoms with Crippen molar-refractivity contribution in [3.63, 3.8) is 0 Å². The second-order valence-electron chi connectivity index (χ2n) is 7.43. The van der Waals surface area contributed by atoms with Gasteiger partial charge in [-0.2, -0.15) is 5.10 Å². The fourth-order valence-corrected chi connectivity index (χ4v) is 3.49. The number of aromatic nitrogens is 3. The van der Waals surface area contributed by atoms with Crippen LogP contribution in [-0.2, 0) is 18.4 Å². The number of halogens is 2. The van der Waals surface area contributed by atoms with Gasteiger partial charge in [0.15, 0.2) is 0 Å². The van der Waals surface area contributed by atoms with Gasteiger partial charge in [-0.1, -0.05) is 6.07 Å². The lowest BCUT2D eigenvalue weighted by Gasteiger charge is -2.14. The number of nitrogens with one attached hydrogen (secondary N) is 2. The number of benzene rings is 2. The van der Waals surface area contributed by atoms with Gasteiger partial charge in [0, 0.05) is 24.3 Å². The minimum Gasteiger partial charge on any atom is -0.352 e. The molecule has 0 radical (unpaired) electrons. The standard InChI is InChI=1S/C22H21F2N5O2/c1-13(10-23)26-19(30)12-29-8-7-14-3-5-17(24)21(20(14)22(29)31)27-16-4-6-18-15(9-16)11-25-28(18)2/h3-9,11,13,27H,10,12H2,1-2H3,(H,26,30)/t13-/m0/s1. The molecular formula is C22H21F2N5O2. The molecule has 4 aromatic rings. The minimum absolute atomic E-state index is 0.0256. The van der Waals surface area contributed by atoms with E-state index in [0.717, 1.165) is 10.9 Å². The molecule has 0 aliphatic rings. The maximum atomic E-state index is 14.8. The highest BCUT2D eigenvalue weighted by molar-refractivity contribution is 5.96. The predicted molar refractivity (Wildman–Crippen MR) is 116 cm³/mol. The van der Waals surface area contributed by atoms with Crippen molar-refractivity contribution in [3.05, 3.63) is 65.0 Å². The van der Waals surface area contributed by atoms with E-state index in [2.05, 4.69) is 15.7 Å². The maximum absolute atomic E-state index is 14.8. The Hall–Kier alpha value is -3.75. The predicted octanol–water partition coefficient (Wildman–Crippen LogP) is 3.25. The largest absolute Gasteiger partial charge is 0.352 e. The van der Waals surface area contributed by atoms with Gasteiger partial charge >= 0.3 is 0 Å². The van der Waals surface area contributed by atoms with Gasteiger partial charge in [0.1, 0.15) is 19.0 Å². The van der Waals surface area contributed by atoms with Crippen LogP contribution in [-0.4, -0.2) is 33.0 Å². The summed E-state index contributed by atoms with van der Waals surface area (Å²) in [5, 5.41) is 11.2. The molecule has 0 aliphatic heterocycles. The summed E-state index contributed by atoms with van der Waals surface area (Å²) in [6.07, 6.45) is 3.16. The fraction of sp³-hybridized carbons (Fsp3) is 0.227. The van der Waals surface area contributed by atoms with Crippen LogP contribution < -0.4 is 16.2 Å². The van der Waals surface area contributed by atoms with E-state index in [0.29, 0.717) is 11.1 Å². The molecule has 0 spiro atoms. The van der Waals surface area contributed by atoms with Gasteiger partial charge in [-0.05, 0) is 42.6 Å². The van der Waals surface area contributed by atoms with Crippen molar-refractivity contribution < 1.29 is 13.6 Å². The molecule has 2 aromatic carbocycles. The average Bonchev–Trinajstić information content (AvgIpc) is 3.12. The van der Waals surface area contributed by atoms with Crippen molar-refractivity contribution in [2.75, 3.05) is 12.0 Å². The fourth-order valence-electron chi connectivity index (χ4n) is 3.49. The lowest BCUT2D eigenvalue weighted by Crippen LogP contribution is -2.38. The van der Waals surface area contributed by atoms with E-state index >= 15 is 0 Å². The number of alkyl halides is 1. The van der Waals surface area contributed by atoms with Crippen LogP contribution in [0.3, 0.4) is 0 Å². The molecule has 31 heavy (non-hydrogen) atoms. The van der Waals surface area contributed by atoms with E-state index < -0.39 is 30.0 Å². The van der Waals surface area contributed by atoms with E-state index in [-0.39, 0.29) is 17.6 Å². The molecule has 0 fully saturated rings. The second-order valence-corrected chi connectivity index (χ2v) is 7.43. The number of carbonyl (C=O) groups is 1. The van der Waals surface area contributed by atoms with E-state index in [1.54, 1.807) is 23.0 Å². The number of carbonyl (C=O) groups excluding carboxylic acids is 1. The summed E-state index contributed by atoms with van der Waals surface area (Å²) in [6.45, 7) is 0.521. The average molecular weight is 425 g/mol. The number of amides is 1. The number of anilines is 2.